The molecule has 0 saturated heterocycles. The molecule has 46 heavy (non-hydrogen) atoms. The van der Waals surface area contributed by atoms with Crippen LogP contribution in [0.3, 0.4) is 0 Å². The predicted molar refractivity (Wildman–Crippen MR) is 183 cm³/mol. The van der Waals surface area contributed by atoms with Crippen molar-refractivity contribution >= 4 is 11.6 Å². The van der Waals surface area contributed by atoms with E-state index in [2.05, 4.69) is 33.8 Å². The fraction of sp³-hybridized carbons (Fsp3) is 0.619. The number of carbonyl (C=O) groups excluding carboxylic acids is 2. The van der Waals surface area contributed by atoms with E-state index in [4.69, 9.17) is 9.47 Å². The number of carbonyl (C=O) groups is 2. The standard InChI is InChI=1S/C42H54O4/c1-27(2)9-5-6-10-28-14-18-37-35-16-13-29-25-31(19-21-42(29,4)38(35)20-22-41(28,37)3)46-24-23-45-30-15-17-34-36(26-30)40(44)33-12-8-7-11-32(33)39(34)43/h7-8,11-13,15,17,26-28,31,35,37-38H,5-6,9-10,14,16,18-25H2,1-4H3. The summed E-state index contributed by atoms with van der Waals surface area (Å²) in [5.74, 6) is 4.77. The van der Waals surface area contributed by atoms with Crippen LogP contribution in [0.25, 0.3) is 0 Å². The number of fused-ring (bicyclic) bond motifs is 7. The first-order chi connectivity index (χ1) is 22.2. The van der Waals surface area contributed by atoms with Gasteiger partial charge in [-0.25, -0.2) is 0 Å². The second-order valence-corrected chi connectivity index (χ2v) is 16.3. The second kappa shape index (κ2) is 12.7. The molecule has 0 aromatic heterocycles. The molecule has 2 aromatic carbocycles. The van der Waals surface area contributed by atoms with Crippen LogP contribution in [-0.4, -0.2) is 30.9 Å². The van der Waals surface area contributed by atoms with Gasteiger partial charge in [-0.05, 0) is 116 Å². The maximum atomic E-state index is 13.1. The van der Waals surface area contributed by atoms with Crippen molar-refractivity contribution < 1.29 is 19.1 Å². The third kappa shape index (κ3) is 5.61. The number of unbranched alkanes of at least 4 members (excludes halogenated alkanes) is 1. The molecular formula is C42H54O4. The Hall–Kier alpha value is -2.72. The van der Waals surface area contributed by atoms with E-state index in [0.29, 0.717) is 52.0 Å². The molecule has 3 fully saturated rings. The molecule has 3 saturated carbocycles. The number of benzene rings is 2. The van der Waals surface area contributed by atoms with E-state index in [-0.39, 0.29) is 17.7 Å². The van der Waals surface area contributed by atoms with Gasteiger partial charge >= 0.3 is 0 Å². The average molecular weight is 623 g/mol. The molecule has 0 amide bonds. The maximum absolute atomic E-state index is 13.1. The first kappa shape index (κ1) is 31.9. The summed E-state index contributed by atoms with van der Waals surface area (Å²) in [6.45, 7) is 10.9. The van der Waals surface area contributed by atoms with E-state index in [1.807, 2.05) is 0 Å². The summed E-state index contributed by atoms with van der Waals surface area (Å²) in [5, 5.41) is 0. The Morgan fingerprint density at radius 3 is 2.37 bits per heavy atom. The Kier molecular flexibility index (Phi) is 8.80. The minimum absolute atomic E-state index is 0.102. The Morgan fingerprint density at radius 1 is 0.826 bits per heavy atom. The molecule has 7 atom stereocenters. The number of ether oxygens (including phenoxy) is 2. The number of hydrogen-bond donors (Lipinski definition) is 0. The summed E-state index contributed by atoms with van der Waals surface area (Å²) in [6.07, 6.45) is 19.0. The molecule has 246 valence electrons. The highest BCUT2D eigenvalue weighted by Crippen LogP contribution is 2.66. The molecule has 2 aromatic rings. The molecule has 7 unspecified atom stereocenters. The van der Waals surface area contributed by atoms with Gasteiger partial charge in [-0.2, -0.15) is 0 Å². The van der Waals surface area contributed by atoms with Gasteiger partial charge in [0.05, 0.1) is 12.7 Å². The number of ketones is 2. The van der Waals surface area contributed by atoms with Crippen molar-refractivity contribution in [2.24, 2.45) is 40.4 Å². The van der Waals surface area contributed by atoms with Gasteiger partial charge in [-0.3, -0.25) is 9.59 Å². The quantitative estimate of drug-likeness (QED) is 0.167. The zero-order valence-electron chi connectivity index (χ0n) is 28.6. The van der Waals surface area contributed by atoms with Crippen molar-refractivity contribution in [2.45, 2.75) is 111 Å². The molecule has 5 aliphatic carbocycles. The van der Waals surface area contributed by atoms with Crippen LogP contribution in [0.15, 0.2) is 54.1 Å². The third-order valence-electron chi connectivity index (χ3n) is 13.4. The average Bonchev–Trinajstić information content (AvgIpc) is 3.40. The van der Waals surface area contributed by atoms with Crippen LogP contribution in [0.4, 0.5) is 0 Å². The summed E-state index contributed by atoms with van der Waals surface area (Å²) in [5.41, 5.74) is 4.38. The van der Waals surface area contributed by atoms with Gasteiger partial charge in [0.25, 0.3) is 0 Å². The summed E-state index contributed by atoms with van der Waals surface area (Å²) < 4.78 is 12.4. The molecule has 0 N–H and O–H groups in total. The van der Waals surface area contributed by atoms with Crippen LogP contribution in [-0.2, 0) is 4.74 Å². The van der Waals surface area contributed by atoms with Gasteiger partial charge in [-0.1, -0.05) is 82.9 Å². The van der Waals surface area contributed by atoms with E-state index >= 15 is 0 Å². The smallest absolute Gasteiger partial charge is 0.194 e. The molecular weight excluding hydrogens is 568 g/mol. The van der Waals surface area contributed by atoms with Gasteiger partial charge in [0.2, 0.25) is 0 Å². The molecule has 7 rings (SSSR count). The maximum Gasteiger partial charge on any atom is 0.194 e. The van der Waals surface area contributed by atoms with E-state index in [0.717, 1.165) is 42.4 Å². The van der Waals surface area contributed by atoms with Crippen LogP contribution >= 0.6 is 0 Å². The van der Waals surface area contributed by atoms with E-state index in [1.54, 1.807) is 48.0 Å². The lowest BCUT2D eigenvalue weighted by Crippen LogP contribution is -2.50. The molecule has 0 radical (unpaired) electrons. The zero-order valence-corrected chi connectivity index (χ0v) is 28.6. The number of rotatable bonds is 10. The monoisotopic (exact) mass is 622 g/mol. The Bertz CT molecular complexity index is 1500. The van der Waals surface area contributed by atoms with Crippen molar-refractivity contribution in [3.8, 4) is 5.75 Å². The van der Waals surface area contributed by atoms with Gasteiger partial charge in [0.15, 0.2) is 11.6 Å². The van der Waals surface area contributed by atoms with E-state index < -0.39 is 0 Å². The van der Waals surface area contributed by atoms with Crippen LogP contribution in [0.5, 0.6) is 5.75 Å². The Labute approximate surface area is 276 Å². The van der Waals surface area contributed by atoms with E-state index in [9.17, 15) is 9.59 Å². The summed E-state index contributed by atoms with van der Waals surface area (Å²) in [6, 6.07) is 12.3. The van der Waals surface area contributed by atoms with Gasteiger partial charge in [0, 0.05) is 22.3 Å². The van der Waals surface area contributed by atoms with Crippen LogP contribution < -0.4 is 4.74 Å². The summed E-state index contributed by atoms with van der Waals surface area (Å²) in [7, 11) is 0. The van der Waals surface area contributed by atoms with Crippen molar-refractivity contribution in [3.63, 3.8) is 0 Å². The van der Waals surface area contributed by atoms with Crippen molar-refractivity contribution in [3.05, 3.63) is 76.4 Å². The largest absolute Gasteiger partial charge is 0.491 e. The highest BCUT2D eigenvalue weighted by molar-refractivity contribution is 6.28. The summed E-state index contributed by atoms with van der Waals surface area (Å²) >= 11 is 0. The molecule has 0 heterocycles. The normalized spacial score (nSPS) is 33.1. The van der Waals surface area contributed by atoms with Crippen LogP contribution in [0, 0.1) is 40.4 Å². The molecule has 0 spiro atoms. The predicted octanol–water partition coefficient (Wildman–Crippen LogP) is 10.0. The van der Waals surface area contributed by atoms with Gasteiger partial charge in [0.1, 0.15) is 12.4 Å². The molecule has 0 aliphatic heterocycles. The lowest BCUT2D eigenvalue weighted by Gasteiger charge is -2.58. The minimum atomic E-state index is -0.118. The highest BCUT2D eigenvalue weighted by Gasteiger charge is 2.58. The third-order valence-corrected chi connectivity index (χ3v) is 13.4. The Balaban J connectivity index is 0.921. The first-order valence-corrected chi connectivity index (χ1v) is 18.5. The van der Waals surface area contributed by atoms with Gasteiger partial charge < -0.3 is 9.47 Å². The van der Waals surface area contributed by atoms with E-state index in [1.165, 1.54) is 64.2 Å². The lowest BCUT2D eigenvalue weighted by molar-refractivity contribution is -0.0604. The first-order valence-electron chi connectivity index (χ1n) is 18.5. The summed E-state index contributed by atoms with van der Waals surface area (Å²) in [4.78, 5) is 26.0. The molecule has 5 aliphatic rings. The van der Waals surface area contributed by atoms with Crippen molar-refractivity contribution in [2.75, 3.05) is 13.2 Å². The number of allylic oxidation sites excluding steroid dienone is 1. The zero-order chi connectivity index (χ0) is 32.1. The topological polar surface area (TPSA) is 52.6 Å². The minimum Gasteiger partial charge on any atom is -0.491 e. The fourth-order valence-corrected chi connectivity index (χ4v) is 10.8. The molecule has 4 nitrogen and oxygen atoms in total. The second-order valence-electron chi connectivity index (χ2n) is 16.3. The van der Waals surface area contributed by atoms with Crippen LogP contribution in [0.1, 0.15) is 137 Å². The Morgan fingerprint density at radius 2 is 1.59 bits per heavy atom. The van der Waals surface area contributed by atoms with Crippen molar-refractivity contribution in [1.29, 1.82) is 0 Å². The SMILES string of the molecule is CC(C)CCCCC1CCC2C3CC=C4CC(OCCOc5ccc6c(c5)C(=O)c5ccccc5C6=O)CCC4(C)C3CCC12C. The highest BCUT2D eigenvalue weighted by atomic mass is 16.5. The molecule has 4 heteroatoms. The van der Waals surface area contributed by atoms with Crippen molar-refractivity contribution in [1.82, 2.24) is 0 Å². The number of hydrogen-bond acceptors (Lipinski definition) is 4. The van der Waals surface area contributed by atoms with Gasteiger partial charge in [-0.15, -0.1) is 0 Å². The van der Waals surface area contributed by atoms with Crippen LogP contribution in [0.2, 0.25) is 0 Å². The lowest BCUT2D eigenvalue weighted by atomic mass is 9.47. The molecule has 0 bridgehead atoms. The fourth-order valence-electron chi connectivity index (χ4n) is 10.8.